The van der Waals surface area contributed by atoms with E-state index in [0.717, 1.165) is 12.3 Å². The number of hydrogen-bond acceptors (Lipinski definition) is 6. The van der Waals surface area contributed by atoms with E-state index in [9.17, 15) is 19.1 Å². The fourth-order valence-electron chi connectivity index (χ4n) is 5.57. The number of hydrogen-bond donors (Lipinski definition) is 2. The summed E-state index contributed by atoms with van der Waals surface area (Å²) < 4.78 is 38.4. The fraction of sp³-hybridized carbons (Fsp3) is 0.290. The van der Waals surface area contributed by atoms with Crippen LogP contribution in [0.15, 0.2) is 67.1 Å². The second-order valence-corrected chi connectivity index (χ2v) is 11.7. The van der Waals surface area contributed by atoms with Crippen LogP contribution >= 0.6 is 11.6 Å². The number of aryl methyl sites for hydroxylation is 1. The lowest BCUT2D eigenvalue weighted by Crippen LogP contribution is -2.48. The number of pyridine rings is 1. The van der Waals surface area contributed by atoms with E-state index in [0.29, 0.717) is 34.7 Å². The lowest BCUT2D eigenvalue weighted by molar-refractivity contribution is -0.142. The first kappa shape index (κ1) is 28.9. The highest BCUT2D eigenvalue weighted by Gasteiger charge is 2.58. The number of fused-ring (bicyclic) bond motifs is 1. The van der Waals surface area contributed by atoms with Gasteiger partial charge in [-0.05, 0) is 61.7 Å². The number of carbonyl (C=O) groups excluding carboxylic acids is 2. The maximum Gasteiger partial charge on any atom is 0.257 e. The van der Waals surface area contributed by atoms with Gasteiger partial charge in [0.1, 0.15) is 17.2 Å². The summed E-state index contributed by atoms with van der Waals surface area (Å²) in [5, 5.41) is 16.0. The van der Waals surface area contributed by atoms with Gasteiger partial charge in [-0.15, -0.1) is 0 Å². The molecule has 12 heteroatoms. The molecule has 3 N–H and O–H groups in total. The van der Waals surface area contributed by atoms with Gasteiger partial charge in [0.15, 0.2) is 5.72 Å². The number of rotatable bonds is 9. The van der Waals surface area contributed by atoms with E-state index in [1.165, 1.54) is 40.9 Å². The van der Waals surface area contributed by atoms with Crippen LogP contribution in [0.1, 0.15) is 58.1 Å². The van der Waals surface area contributed by atoms with Crippen molar-refractivity contribution in [3.05, 3.63) is 117 Å². The summed E-state index contributed by atoms with van der Waals surface area (Å²) in [6.07, 6.45) is 5.03. The van der Waals surface area contributed by atoms with Crippen molar-refractivity contribution in [1.82, 2.24) is 19.7 Å². The Hall–Kier alpha value is -4.19. The second kappa shape index (κ2) is 10.2. The molecule has 1 fully saturated rings. The molecule has 1 saturated carbocycles. The third-order valence-electron chi connectivity index (χ3n) is 8.39. The number of benzene rings is 2. The zero-order valence-corrected chi connectivity index (χ0v) is 24.1. The van der Waals surface area contributed by atoms with Crippen LogP contribution in [0, 0.1) is 17.0 Å². The molecule has 6 rings (SSSR count). The monoisotopic (exact) mass is 607 g/mol. The van der Waals surface area contributed by atoms with Gasteiger partial charge in [-0.2, -0.15) is 5.10 Å². The summed E-state index contributed by atoms with van der Waals surface area (Å²) >= 11 is 6.20. The summed E-state index contributed by atoms with van der Waals surface area (Å²) in [6.45, 7) is 1.09. The van der Waals surface area contributed by atoms with E-state index in [2.05, 4.69) is 10.1 Å². The largest absolute Gasteiger partial charge is 0.381 e. The van der Waals surface area contributed by atoms with Crippen LogP contribution < -0.4 is 5.73 Å². The van der Waals surface area contributed by atoms with Crippen molar-refractivity contribution in [3.8, 4) is 0 Å². The van der Waals surface area contributed by atoms with Crippen LogP contribution in [-0.2, 0) is 34.4 Å². The number of nitrogens with zero attached hydrogens (tertiary/aromatic N) is 4. The summed E-state index contributed by atoms with van der Waals surface area (Å²) in [5.41, 5.74) is 2.16. The van der Waals surface area contributed by atoms with E-state index in [-0.39, 0.29) is 29.8 Å². The van der Waals surface area contributed by atoms with Gasteiger partial charge in [0.2, 0.25) is 5.91 Å². The minimum atomic E-state index is -1.89. The predicted molar refractivity (Wildman–Crippen MR) is 151 cm³/mol. The molecule has 1 aliphatic carbocycles. The molecule has 1 unspecified atom stereocenters. The number of aromatic nitrogens is 3. The molecule has 222 valence electrons. The first-order valence-electron chi connectivity index (χ1n) is 13.6. The summed E-state index contributed by atoms with van der Waals surface area (Å²) in [6, 6.07) is 11.6. The zero-order chi connectivity index (χ0) is 30.7. The van der Waals surface area contributed by atoms with E-state index in [1.54, 1.807) is 37.5 Å². The molecule has 1 aliphatic heterocycles. The van der Waals surface area contributed by atoms with E-state index in [1.807, 2.05) is 0 Å². The molecule has 2 atom stereocenters. The van der Waals surface area contributed by atoms with Crippen molar-refractivity contribution in [1.29, 1.82) is 0 Å². The number of halogens is 3. The molecule has 0 bridgehead atoms. The molecular weight excluding hydrogens is 580 g/mol. The SMILES string of the molecule is Cn1cc(C(C)(O)c2cc(F)c3c(c2)C(=O)N(Cc2ccc(F)cn2)[C@@]3(OCC2(C(N)=O)CC2)c2ccc(Cl)cc2)cn1. The van der Waals surface area contributed by atoms with Gasteiger partial charge in [0, 0.05) is 29.4 Å². The lowest BCUT2D eigenvalue weighted by Gasteiger charge is -2.40. The molecule has 43 heavy (non-hydrogen) atoms. The molecule has 2 aliphatic rings. The molecule has 0 spiro atoms. The second-order valence-electron chi connectivity index (χ2n) is 11.3. The zero-order valence-electron chi connectivity index (χ0n) is 23.4. The number of amides is 2. The van der Waals surface area contributed by atoms with Crippen molar-refractivity contribution in [2.45, 2.75) is 37.6 Å². The Morgan fingerprint density at radius 1 is 1.14 bits per heavy atom. The minimum Gasteiger partial charge on any atom is -0.381 e. The average Bonchev–Trinajstić information content (AvgIpc) is 3.58. The third kappa shape index (κ3) is 4.77. The molecule has 2 aromatic carbocycles. The van der Waals surface area contributed by atoms with Gasteiger partial charge >= 0.3 is 0 Å². The van der Waals surface area contributed by atoms with Crippen molar-refractivity contribution >= 4 is 23.4 Å². The minimum absolute atomic E-state index is 0.0554. The van der Waals surface area contributed by atoms with Gasteiger partial charge in [0.05, 0.1) is 47.8 Å². The number of primary amides is 1. The van der Waals surface area contributed by atoms with E-state index in [4.69, 9.17) is 22.1 Å². The van der Waals surface area contributed by atoms with Crippen LogP contribution in [-0.4, -0.2) is 43.2 Å². The van der Waals surface area contributed by atoms with Gasteiger partial charge in [-0.1, -0.05) is 23.7 Å². The summed E-state index contributed by atoms with van der Waals surface area (Å²) in [5.74, 6) is -2.56. The van der Waals surface area contributed by atoms with Gasteiger partial charge < -0.3 is 15.6 Å². The van der Waals surface area contributed by atoms with Crippen LogP contribution in [0.2, 0.25) is 5.02 Å². The fourth-order valence-corrected chi connectivity index (χ4v) is 5.70. The van der Waals surface area contributed by atoms with Gasteiger partial charge in [0.25, 0.3) is 5.91 Å². The topological polar surface area (TPSA) is 124 Å². The van der Waals surface area contributed by atoms with Gasteiger partial charge in [-0.3, -0.25) is 24.2 Å². The first-order chi connectivity index (χ1) is 20.4. The molecule has 2 amide bonds. The molecular formula is C31H28ClF2N5O4. The van der Waals surface area contributed by atoms with E-state index < -0.39 is 40.2 Å². The van der Waals surface area contributed by atoms with Crippen molar-refractivity contribution < 1.29 is 28.2 Å². The van der Waals surface area contributed by atoms with Crippen LogP contribution in [0.5, 0.6) is 0 Å². The molecule has 0 radical (unpaired) electrons. The normalized spacial score (nSPS) is 20.1. The van der Waals surface area contributed by atoms with Crippen LogP contribution in [0.4, 0.5) is 8.78 Å². The Morgan fingerprint density at radius 3 is 2.44 bits per heavy atom. The Morgan fingerprint density at radius 2 is 1.86 bits per heavy atom. The van der Waals surface area contributed by atoms with E-state index >= 15 is 4.39 Å². The first-order valence-corrected chi connectivity index (χ1v) is 13.9. The van der Waals surface area contributed by atoms with Crippen LogP contribution in [0.3, 0.4) is 0 Å². The summed E-state index contributed by atoms with van der Waals surface area (Å²) in [4.78, 5) is 32.1. The Bertz CT molecular complexity index is 1740. The molecule has 9 nitrogen and oxygen atoms in total. The summed E-state index contributed by atoms with van der Waals surface area (Å²) in [7, 11) is 1.68. The molecule has 0 saturated heterocycles. The van der Waals surface area contributed by atoms with Crippen LogP contribution in [0.25, 0.3) is 0 Å². The number of aliphatic hydroxyl groups is 1. The standard InChI is InChI=1S/C31H28ClF2N5O4/c1-29(42,20-13-37-38(2)15-20)19-11-24-26(25(34)12-19)31(18-3-5-21(32)6-4-18,43-17-30(9-10-30)28(35)41)39(27(24)40)16-23-8-7-22(33)14-36-23/h3-8,11-15,42H,9-10,16-17H2,1-2H3,(H2,35,41)/t29?,31-/m1/s1. The third-order valence-corrected chi connectivity index (χ3v) is 8.64. The number of ether oxygens (including phenoxy) is 1. The highest BCUT2D eigenvalue weighted by atomic mass is 35.5. The predicted octanol–water partition coefficient (Wildman–Crippen LogP) is 4.14. The maximum absolute atomic E-state index is 16.6. The van der Waals surface area contributed by atoms with Crippen molar-refractivity contribution in [3.63, 3.8) is 0 Å². The maximum atomic E-state index is 16.6. The Kier molecular flexibility index (Phi) is 6.87. The highest BCUT2D eigenvalue weighted by Crippen LogP contribution is 2.52. The Balaban J connectivity index is 1.57. The average molecular weight is 608 g/mol. The smallest absolute Gasteiger partial charge is 0.257 e. The quantitative estimate of drug-likeness (QED) is 0.295. The highest BCUT2D eigenvalue weighted by molar-refractivity contribution is 6.30. The van der Waals surface area contributed by atoms with Crippen molar-refractivity contribution in [2.75, 3.05) is 6.61 Å². The number of nitrogens with two attached hydrogens (primary N) is 1. The Labute approximate surface area is 250 Å². The lowest BCUT2D eigenvalue weighted by atomic mass is 9.85. The molecule has 2 aromatic heterocycles. The molecule has 3 heterocycles. The van der Waals surface area contributed by atoms with Crippen molar-refractivity contribution in [2.24, 2.45) is 18.2 Å². The molecule has 4 aromatic rings. The number of carbonyl (C=O) groups is 2. The van der Waals surface area contributed by atoms with Gasteiger partial charge in [-0.25, -0.2) is 8.78 Å².